The van der Waals surface area contributed by atoms with Crippen molar-refractivity contribution < 1.29 is 14.3 Å². The molecule has 0 radical (unpaired) electrons. The van der Waals surface area contributed by atoms with Gasteiger partial charge >= 0.3 is 0 Å². The normalized spacial score (nSPS) is 10.5. The zero-order chi connectivity index (χ0) is 16.2. The average molecular weight is 328 g/mol. The summed E-state index contributed by atoms with van der Waals surface area (Å²) in [6.07, 6.45) is 0. The number of benzene rings is 2. The fourth-order valence-electron chi connectivity index (χ4n) is 2.18. The van der Waals surface area contributed by atoms with Crippen molar-refractivity contribution in [3.8, 4) is 11.3 Å². The first-order valence-electron chi connectivity index (χ1n) is 7.03. The number of furan rings is 1. The van der Waals surface area contributed by atoms with Crippen LogP contribution in [-0.4, -0.2) is 11.0 Å². The van der Waals surface area contributed by atoms with E-state index >= 15 is 0 Å². The smallest absolute Gasteiger partial charge is 0.255 e. The monoisotopic (exact) mass is 327 g/mol. The van der Waals surface area contributed by atoms with Crippen LogP contribution in [0.1, 0.15) is 16.1 Å². The first-order chi connectivity index (χ1) is 11.2. The van der Waals surface area contributed by atoms with Gasteiger partial charge in [0.1, 0.15) is 18.1 Å². The Morgan fingerprint density at radius 1 is 1.09 bits per heavy atom. The lowest BCUT2D eigenvalue weighted by Crippen LogP contribution is -2.12. The largest absolute Gasteiger partial charge is 0.459 e. The minimum Gasteiger partial charge on any atom is -0.459 e. The first-order valence-corrected chi connectivity index (χ1v) is 7.41. The highest BCUT2D eigenvalue weighted by atomic mass is 35.5. The highest BCUT2D eigenvalue weighted by Crippen LogP contribution is 2.30. The van der Waals surface area contributed by atoms with Crippen LogP contribution in [0.3, 0.4) is 0 Å². The number of hydrogen-bond donors (Lipinski definition) is 2. The first kappa shape index (κ1) is 15.3. The standard InChI is InChI=1S/C18H14ClNO3/c19-15-8-6-13(17-9-7-14(11-21)23-17)10-16(15)20-18(22)12-4-2-1-3-5-12/h1-10,21H,11H2,(H,20,22). The Labute approximate surface area is 138 Å². The number of halogens is 1. The average Bonchev–Trinajstić information content (AvgIpc) is 3.07. The maximum absolute atomic E-state index is 12.2. The van der Waals surface area contributed by atoms with Crippen LogP contribution >= 0.6 is 11.6 Å². The van der Waals surface area contributed by atoms with Gasteiger partial charge in [-0.3, -0.25) is 4.79 Å². The molecule has 0 atom stereocenters. The Hall–Kier alpha value is -2.56. The van der Waals surface area contributed by atoms with Crippen LogP contribution in [0.15, 0.2) is 65.1 Å². The number of aliphatic hydroxyl groups excluding tert-OH is 1. The van der Waals surface area contributed by atoms with Crippen molar-refractivity contribution in [2.45, 2.75) is 6.61 Å². The Morgan fingerprint density at radius 3 is 2.57 bits per heavy atom. The molecule has 0 saturated carbocycles. The lowest BCUT2D eigenvalue weighted by atomic mass is 10.1. The molecule has 0 aliphatic carbocycles. The van der Waals surface area contributed by atoms with E-state index < -0.39 is 0 Å². The lowest BCUT2D eigenvalue weighted by molar-refractivity contribution is 0.102. The van der Waals surface area contributed by atoms with Crippen LogP contribution in [0.4, 0.5) is 5.69 Å². The van der Waals surface area contributed by atoms with Crippen LogP contribution in [0.25, 0.3) is 11.3 Å². The van der Waals surface area contributed by atoms with Crippen molar-refractivity contribution in [3.05, 3.63) is 77.0 Å². The molecule has 1 aromatic heterocycles. The van der Waals surface area contributed by atoms with Crippen molar-refractivity contribution in [3.63, 3.8) is 0 Å². The summed E-state index contributed by atoms with van der Waals surface area (Å²) in [5.41, 5.74) is 1.81. The van der Waals surface area contributed by atoms with E-state index in [9.17, 15) is 4.79 Å². The van der Waals surface area contributed by atoms with E-state index in [1.807, 2.05) is 6.07 Å². The molecule has 3 rings (SSSR count). The van der Waals surface area contributed by atoms with Gasteiger partial charge in [0.05, 0.1) is 10.7 Å². The number of nitrogens with one attached hydrogen (secondary N) is 1. The zero-order valence-corrected chi connectivity index (χ0v) is 12.9. The number of rotatable bonds is 4. The van der Waals surface area contributed by atoms with Gasteiger partial charge in [-0.1, -0.05) is 29.8 Å². The molecule has 0 fully saturated rings. The van der Waals surface area contributed by atoms with Gasteiger partial charge < -0.3 is 14.8 Å². The summed E-state index contributed by atoms with van der Waals surface area (Å²) in [5.74, 6) is 0.839. The molecule has 0 saturated heterocycles. The molecule has 116 valence electrons. The third-order valence-corrected chi connectivity index (χ3v) is 3.68. The van der Waals surface area contributed by atoms with Gasteiger partial charge in [-0.2, -0.15) is 0 Å². The van der Waals surface area contributed by atoms with Gasteiger partial charge in [-0.15, -0.1) is 0 Å². The predicted octanol–water partition coefficient (Wildman–Crippen LogP) is 4.34. The highest BCUT2D eigenvalue weighted by molar-refractivity contribution is 6.34. The maximum Gasteiger partial charge on any atom is 0.255 e. The molecule has 0 aliphatic heterocycles. The van der Waals surface area contributed by atoms with Crippen molar-refractivity contribution in [1.29, 1.82) is 0 Å². The second-order valence-electron chi connectivity index (χ2n) is 4.94. The molecule has 23 heavy (non-hydrogen) atoms. The zero-order valence-electron chi connectivity index (χ0n) is 12.1. The van der Waals surface area contributed by atoms with E-state index in [0.29, 0.717) is 27.8 Å². The molecule has 0 bridgehead atoms. The Bertz CT molecular complexity index is 827. The molecular formula is C18H14ClNO3. The fraction of sp³-hybridized carbons (Fsp3) is 0.0556. The van der Waals surface area contributed by atoms with E-state index in [2.05, 4.69) is 5.32 Å². The molecule has 4 nitrogen and oxygen atoms in total. The van der Waals surface area contributed by atoms with E-state index in [1.165, 1.54) is 0 Å². The van der Waals surface area contributed by atoms with Gasteiger partial charge in [-0.05, 0) is 42.5 Å². The Balaban J connectivity index is 1.87. The third kappa shape index (κ3) is 3.44. The lowest BCUT2D eigenvalue weighted by Gasteiger charge is -2.09. The van der Waals surface area contributed by atoms with Crippen LogP contribution in [0.2, 0.25) is 5.02 Å². The summed E-state index contributed by atoms with van der Waals surface area (Å²) in [4.78, 5) is 12.2. The molecule has 1 amide bonds. The number of aliphatic hydroxyl groups is 1. The SMILES string of the molecule is O=C(Nc1cc(-c2ccc(CO)o2)ccc1Cl)c1ccccc1. The molecule has 2 N–H and O–H groups in total. The number of hydrogen-bond acceptors (Lipinski definition) is 3. The van der Waals surface area contributed by atoms with Gasteiger partial charge in [0.15, 0.2) is 0 Å². The van der Waals surface area contributed by atoms with Crippen molar-refractivity contribution in [1.82, 2.24) is 0 Å². The quantitative estimate of drug-likeness (QED) is 0.749. The molecule has 0 unspecified atom stereocenters. The molecular weight excluding hydrogens is 314 g/mol. The molecule has 0 spiro atoms. The molecule has 2 aromatic carbocycles. The summed E-state index contributed by atoms with van der Waals surface area (Å²) in [6.45, 7) is -0.162. The maximum atomic E-state index is 12.2. The van der Waals surface area contributed by atoms with Crippen LogP contribution < -0.4 is 5.32 Å². The fourth-order valence-corrected chi connectivity index (χ4v) is 2.34. The summed E-state index contributed by atoms with van der Waals surface area (Å²) < 4.78 is 5.50. The number of anilines is 1. The van der Waals surface area contributed by atoms with Crippen LogP contribution in [0.5, 0.6) is 0 Å². The van der Waals surface area contributed by atoms with E-state index in [4.69, 9.17) is 21.1 Å². The van der Waals surface area contributed by atoms with Crippen LogP contribution in [0, 0.1) is 0 Å². The van der Waals surface area contributed by atoms with Gasteiger partial charge in [0.2, 0.25) is 0 Å². The van der Waals surface area contributed by atoms with Gasteiger partial charge in [-0.25, -0.2) is 0 Å². The highest BCUT2D eigenvalue weighted by Gasteiger charge is 2.11. The summed E-state index contributed by atoms with van der Waals surface area (Å²) in [5, 5.41) is 12.3. The van der Waals surface area contributed by atoms with Crippen molar-refractivity contribution >= 4 is 23.2 Å². The van der Waals surface area contributed by atoms with E-state index in [0.717, 1.165) is 5.56 Å². The molecule has 3 aromatic rings. The van der Waals surface area contributed by atoms with E-state index in [-0.39, 0.29) is 12.5 Å². The second kappa shape index (κ2) is 6.69. The van der Waals surface area contributed by atoms with Crippen molar-refractivity contribution in [2.24, 2.45) is 0 Å². The number of carbonyl (C=O) groups excluding carboxylic acids is 1. The minimum atomic E-state index is -0.236. The number of carbonyl (C=O) groups is 1. The van der Waals surface area contributed by atoms with E-state index in [1.54, 1.807) is 54.6 Å². The molecule has 1 heterocycles. The van der Waals surface area contributed by atoms with Gasteiger partial charge in [0, 0.05) is 11.1 Å². The summed E-state index contributed by atoms with van der Waals surface area (Å²) in [7, 11) is 0. The van der Waals surface area contributed by atoms with Crippen molar-refractivity contribution in [2.75, 3.05) is 5.32 Å². The summed E-state index contributed by atoms with van der Waals surface area (Å²) in [6, 6.07) is 17.6. The Morgan fingerprint density at radius 2 is 1.87 bits per heavy atom. The molecule has 0 aliphatic rings. The third-order valence-electron chi connectivity index (χ3n) is 3.35. The van der Waals surface area contributed by atoms with Gasteiger partial charge in [0.25, 0.3) is 5.91 Å². The topological polar surface area (TPSA) is 62.5 Å². The minimum absolute atomic E-state index is 0.162. The summed E-state index contributed by atoms with van der Waals surface area (Å²) >= 11 is 6.16. The second-order valence-corrected chi connectivity index (χ2v) is 5.35. The predicted molar refractivity (Wildman–Crippen MR) is 89.5 cm³/mol. The molecule has 5 heteroatoms. The Kier molecular flexibility index (Phi) is 4.46. The number of amides is 1. The van der Waals surface area contributed by atoms with Crippen LogP contribution in [-0.2, 0) is 6.61 Å².